The summed E-state index contributed by atoms with van der Waals surface area (Å²) in [5, 5.41) is 3.18. The molecule has 0 spiro atoms. The van der Waals surface area contributed by atoms with E-state index in [0.29, 0.717) is 18.3 Å². The lowest BCUT2D eigenvalue weighted by molar-refractivity contribution is 0.243. The molecule has 5 nitrogen and oxygen atoms in total. The number of hydrogen-bond donors (Lipinski definition) is 1. The van der Waals surface area contributed by atoms with Gasteiger partial charge >= 0.3 is 0 Å². The van der Waals surface area contributed by atoms with Gasteiger partial charge in [0.05, 0.1) is 18.8 Å². The topological polar surface area (TPSA) is 60.2 Å². The molecule has 0 atom stereocenters. The molecule has 0 aliphatic heterocycles. The van der Waals surface area contributed by atoms with Gasteiger partial charge in [-0.15, -0.1) is 0 Å². The van der Waals surface area contributed by atoms with Gasteiger partial charge in [-0.2, -0.15) is 0 Å². The largest absolute Gasteiger partial charge is 0.487 e. The number of rotatable bonds is 6. The van der Waals surface area contributed by atoms with Gasteiger partial charge in [-0.05, 0) is 26.0 Å². The minimum absolute atomic E-state index is 0.109. The van der Waals surface area contributed by atoms with Gasteiger partial charge < -0.3 is 14.5 Å². The van der Waals surface area contributed by atoms with Crippen molar-refractivity contribution >= 4 is 5.82 Å². The number of ether oxygens (including phenoxy) is 1. The lowest BCUT2D eigenvalue weighted by Gasteiger charge is -2.13. The van der Waals surface area contributed by atoms with E-state index in [1.54, 1.807) is 12.4 Å². The van der Waals surface area contributed by atoms with E-state index in [0.717, 1.165) is 17.9 Å². The molecule has 1 N–H and O–H groups in total. The molecule has 2 heterocycles. The van der Waals surface area contributed by atoms with Gasteiger partial charge in [0.1, 0.15) is 5.76 Å². The molecule has 19 heavy (non-hydrogen) atoms. The van der Waals surface area contributed by atoms with Crippen LogP contribution in [0.1, 0.15) is 32.4 Å². The van der Waals surface area contributed by atoms with Crippen LogP contribution in [0.2, 0.25) is 0 Å². The van der Waals surface area contributed by atoms with Crippen molar-refractivity contribution in [1.82, 2.24) is 9.97 Å². The second-order valence-corrected chi connectivity index (χ2v) is 4.44. The fourth-order valence-electron chi connectivity index (χ4n) is 1.62. The summed E-state index contributed by atoms with van der Waals surface area (Å²) in [6.45, 7) is 6.49. The van der Waals surface area contributed by atoms with Crippen LogP contribution in [-0.2, 0) is 13.0 Å². The van der Waals surface area contributed by atoms with Crippen molar-refractivity contribution in [2.45, 2.75) is 39.8 Å². The number of nitrogens with zero attached hydrogens (tertiary/aromatic N) is 2. The third-order valence-electron chi connectivity index (χ3n) is 2.49. The van der Waals surface area contributed by atoms with Crippen LogP contribution in [0.5, 0.6) is 5.75 Å². The fraction of sp³-hybridized carbons (Fsp3) is 0.429. The van der Waals surface area contributed by atoms with E-state index in [1.807, 2.05) is 32.9 Å². The van der Waals surface area contributed by atoms with E-state index in [2.05, 4.69) is 15.3 Å². The van der Waals surface area contributed by atoms with Crippen molar-refractivity contribution in [3.05, 3.63) is 36.2 Å². The Labute approximate surface area is 113 Å². The molecule has 0 bridgehead atoms. The first-order valence-corrected chi connectivity index (χ1v) is 6.48. The summed E-state index contributed by atoms with van der Waals surface area (Å²) in [4.78, 5) is 8.46. The first kappa shape index (κ1) is 13.4. The number of aromatic nitrogens is 2. The Morgan fingerprint density at radius 3 is 2.89 bits per heavy atom. The van der Waals surface area contributed by atoms with Crippen molar-refractivity contribution in [1.29, 1.82) is 0 Å². The molecule has 0 aromatic carbocycles. The molecule has 0 saturated carbocycles. The highest BCUT2D eigenvalue weighted by Crippen LogP contribution is 2.22. The van der Waals surface area contributed by atoms with Crippen molar-refractivity contribution < 1.29 is 9.15 Å². The van der Waals surface area contributed by atoms with Crippen LogP contribution >= 0.6 is 0 Å². The average molecular weight is 261 g/mol. The molecule has 0 aliphatic rings. The van der Waals surface area contributed by atoms with E-state index in [9.17, 15) is 0 Å². The lowest BCUT2D eigenvalue weighted by atomic mass is 10.4. The monoisotopic (exact) mass is 261 g/mol. The van der Waals surface area contributed by atoms with Gasteiger partial charge in [0.2, 0.25) is 5.89 Å². The summed E-state index contributed by atoms with van der Waals surface area (Å²) in [5.74, 6) is 2.97. The quantitative estimate of drug-likeness (QED) is 0.866. The first-order chi connectivity index (χ1) is 9.19. The molecule has 0 aliphatic carbocycles. The van der Waals surface area contributed by atoms with Crippen LogP contribution in [0.4, 0.5) is 5.82 Å². The molecule has 0 amide bonds. The van der Waals surface area contributed by atoms with Gasteiger partial charge in [-0.1, -0.05) is 6.92 Å². The molecular weight excluding hydrogens is 242 g/mol. The predicted molar refractivity (Wildman–Crippen MR) is 73.2 cm³/mol. The minimum Gasteiger partial charge on any atom is -0.487 e. The fourth-order valence-corrected chi connectivity index (χ4v) is 1.62. The van der Waals surface area contributed by atoms with Crippen LogP contribution in [0, 0.1) is 0 Å². The SMILES string of the molecule is CCc1cnc(CNc2ncccc2OC(C)C)o1. The summed E-state index contributed by atoms with van der Waals surface area (Å²) in [5.41, 5.74) is 0. The van der Waals surface area contributed by atoms with Gasteiger partial charge in [0.25, 0.3) is 0 Å². The van der Waals surface area contributed by atoms with Crippen LogP contribution in [0.15, 0.2) is 28.9 Å². The van der Waals surface area contributed by atoms with Crippen molar-refractivity contribution in [2.24, 2.45) is 0 Å². The predicted octanol–water partition coefficient (Wildman–Crippen LogP) is 3.03. The number of pyridine rings is 1. The van der Waals surface area contributed by atoms with Crippen LogP contribution in [0.3, 0.4) is 0 Å². The smallest absolute Gasteiger partial charge is 0.213 e. The maximum absolute atomic E-state index is 5.68. The summed E-state index contributed by atoms with van der Waals surface area (Å²) >= 11 is 0. The second-order valence-electron chi connectivity index (χ2n) is 4.44. The summed E-state index contributed by atoms with van der Waals surface area (Å²) in [7, 11) is 0. The number of nitrogens with one attached hydrogen (secondary N) is 1. The van der Waals surface area contributed by atoms with Crippen molar-refractivity contribution in [2.75, 3.05) is 5.32 Å². The Morgan fingerprint density at radius 2 is 2.21 bits per heavy atom. The second kappa shape index (κ2) is 6.22. The normalized spacial score (nSPS) is 10.7. The molecule has 0 radical (unpaired) electrons. The van der Waals surface area contributed by atoms with Crippen LogP contribution in [0.25, 0.3) is 0 Å². The standard InChI is InChI=1S/C14H19N3O2/c1-4-11-8-16-13(19-11)9-17-14-12(18-10(2)3)6-5-7-15-14/h5-8,10H,4,9H2,1-3H3,(H,15,17). The molecule has 2 aromatic heterocycles. The molecular formula is C14H19N3O2. The van der Waals surface area contributed by atoms with E-state index >= 15 is 0 Å². The Balaban J connectivity index is 2.02. The number of oxazole rings is 1. The number of anilines is 1. The summed E-state index contributed by atoms with van der Waals surface area (Å²) in [6, 6.07) is 3.74. The molecule has 0 unspecified atom stereocenters. The average Bonchev–Trinajstić information content (AvgIpc) is 2.85. The summed E-state index contributed by atoms with van der Waals surface area (Å²) in [6.07, 6.45) is 4.43. The van der Waals surface area contributed by atoms with Gasteiger partial charge in [-0.25, -0.2) is 9.97 Å². The van der Waals surface area contributed by atoms with Crippen molar-refractivity contribution in [3.8, 4) is 5.75 Å². The molecule has 102 valence electrons. The Kier molecular flexibility index (Phi) is 4.39. The van der Waals surface area contributed by atoms with Gasteiger partial charge in [-0.3, -0.25) is 0 Å². The molecule has 0 saturated heterocycles. The maximum atomic E-state index is 5.68. The Bertz CT molecular complexity index is 523. The molecule has 2 rings (SSSR count). The van der Waals surface area contributed by atoms with Crippen molar-refractivity contribution in [3.63, 3.8) is 0 Å². The number of aryl methyl sites for hydroxylation is 1. The van der Waals surface area contributed by atoms with E-state index in [1.165, 1.54) is 0 Å². The van der Waals surface area contributed by atoms with Crippen LogP contribution in [-0.4, -0.2) is 16.1 Å². The van der Waals surface area contributed by atoms with Crippen LogP contribution < -0.4 is 10.1 Å². The van der Waals surface area contributed by atoms with E-state index in [-0.39, 0.29) is 6.10 Å². The van der Waals surface area contributed by atoms with Gasteiger partial charge in [0, 0.05) is 12.6 Å². The maximum Gasteiger partial charge on any atom is 0.213 e. The third-order valence-corrected chi connectivity index (χ3v) is 2.49. The van der Waals surface area contributed by atoms with Gasteiger partial charge in [0.15, 0.2) is 11.6 Å². The lowest BCUT2D eigenvalue weighted by Crippen LogP contribution is -2.09. The zero-order valence-corrected chi connectivity index (χ0v) is 11.5. The minimum atomic E-state index is 0.109. The molecule has 0 fully saturated rings. The number of hydrogen-bond acceptors (Lipinski definition) is 5. The zero-order valence-electron chi connectivity index (χ0n) is 11.5. The third kappa shape index (κ3) is 3.71. The molecule has 2 aromatic rings. The Hall–Kier alpha value is -2.04. The highest BCUT2D eigenvalue weighted by atomic mass is 16.5. The zero-order chi connectivity index (χ0) is 13.7. The van der Waals surface area contributed by atoms with E-state index < -0.39 is 0 Å². The highest BCUT2D eigenvalue weighted by Gasteiger charge is 2.08. The van der Waals surface area contributed by atoms with E-state index in [4.69, 9.17) is 9.15 Å². The summed E-state index contributed by atoms with van der Waals surface area (Å²) < 4.78 is 11.2. The highest BCUT2D eigenvalue weighted by molar-refractivity contribution is 5.49. The Morgan fingerprint density at radius 1 is 1.37 bits per heavy atom. The molecule has 5 heteroatoms. The first-order valence-electron chi connectivity index (χ1n) is 6.48.